The maximum atomic E-state index is 13.4. The van der Waals surface area contributed by atoms with Gasteiger partial charge in [-0.2, -0.15) is 0 Å². The third kappa shape index (κ3) is 4.53. The van der Waals surface area contributed by atoms with Crippen molar-refractivity contribution in [2.45, 2.75) is 26.4 Å². The Morgan fingerprint density at radius 2 is 2.00 bits per heavy atom. The molecule has 1 aromatic heterocycles. The molecule has 0 radical (unpaired) electrons. The van der Waals surface area contributed by atoms with Gasteiger partial charge in [0.05, 0.1) is 6.20 Å². The Balaban J connectivity index is 2.13. The van der Waals surface area contributed by atoms with Crippen LogP contribution in [0.4, 0.5) is 10.2 Å². The van der Waals surface area contributed by atoms with Crippen molar-refractivity contribution in [3.63, 3.8) is 0 Å². The zero-order valence-electron chi connectivity index (χ0n) is 12.6. The van der Waals surface area contributed by atoms with E-state index in [0.717, 1.165) is 30.9 Å². The normalized spacial score (nSPS) is 10.6. The van der Waals surface area contributed by atoms with Crippen molar-refractivity contribution >= 4 is 5.82 Å². The molecule has 2 aromatic rings. The SMILES string of the molecule is CCCNCc1cc(F)cnc1N(C)Cc1ccccc1. The highest BCUT2D eigenvalue weighted by molar-refractivity contribution is 5.46. The maximum Gasteiger partial charge on any atom is 0.141 e. The first kappa shape index (κ1) is 15.4. The molecule has 0 bridgehead atoms. The lowest BCUT2D eigenvalue weighted by Gasteiger charge is -2.21. The molecule has 1 N–H and O–H groups in total. The topological polar surface area (TPSA) is 28.2 Å². The summed E-state index contributed by atoms with van der Waals surface area (Å²) < 4.78 is 13.4. The van der Waals surface area contributed by atoms with Gasteiger partial charge in [0.2, 0.25) is 0 Å². The molecule has 1 aromatic carbocycles. The number of anilines is 1. The molecule has 3 nitrogen and oxygen atoms in total. The highest BCUT2D eigenvalue weighted by Crippen LogP contribution is 2.19. The van der Waals surface area contributed by atoms with Gasteiger partial charge >= 0.3 is 0 Å². The molecule has 0 saturated heterocycles. The van der Waals surface area contributed by atoms with E-state index in [1.807, 2.05) is 25.2 Å². The fourth-order valence-electron chi connectivity index (χ4n) is 2.28. The summed E-state index contributed by atoms with van der Waals surface area (Å²) in [5.41, 5.74) is 2.10. The van der Waals surface area contributed by atoms with Crippen molar-refractivity contribution in [1.82, 2.24) is 10.3 Å². The first-order chi connectivity index (χ1) is 10.2. The summed E-state index contributed by atoms with van der Waals surface area (Å²) in [7, 11) is 1.98. The van der Waals surface area contributed by atoms with Gasteiger partial charge in [-0.15, -0.1) is 0 Å². The Kier molecular flexibility index (Phi) is 5.69. The van der Waals surface area contributed by atoms with Crippen molar-refractivity contribution in [1.29, 1.82) is 0 Å². The van der Waals surface area contributed by atoms with Crippen LogP contribution in [0.15, 0.2) is 42.6 Å². The monoisotopic (exact) mass is 287 g/mol. The van der Waals surface area contributed by atoms with Gasteiger partial charge in [0, 0.05) is 25.7 Å². The van der Waals surface area contributed by atoms with Crippen LogP contribution in [-0.4, -0.2) is 18.6 Å². The van der Waals surface area contributed by atoms with Crippen LogP contribution in [0, 0.1) is 5.82 Å². The largest absolute Gasteiger partial charge is 0.355 e. The third-order valence-corrected chi connectivity index (χ3v) is 3.28. The highest BCUT2D eigenvalue weighted by atomic mass is 19.1. The summed E-state index contributed by atoms with van der Waals surface area (Å²) in [6.07, 6.45) is 2.33. The average Bonchev–Trinajstić information content (AvgIpc) is 2.48. The van der Waals surface area contributed by atoms with E-state index in [9.17, 15) is 4.39 Å². The lowest BCUT2D eigenvalue weighted by atomic mass is 10.2. The summed E-state index contributed by atoms with van der Waals surface area (Å²) in [4.78, 5) is 6.32. The molecule has 0 aliphatic heterocycles. The van der Waals surface area contributed by atoms with Crippen LogP contribution in [-0.2, 0) is 13.1 Å². The molecule has 2 rings (SSSR count). The van der Waals surface area contributed by atoms with E-state index < -0.39 is 0 Å². The van der Waals surface area contributed by atoms with Crippen molar-refractivity contribution in [2.75, 3.05) is 18.5 Å². The first-order valence-electron chi connectivity index (χ1n) is 7.31. The van der Waals surface area contributed by atoms with Crippen LogP contribution in [0.2, 0.25) is 0 Å². The van der Waals surface area contributed by atoms with Crippen LogP contribution in [0.25, 0.3) is 0 Å². The van der Waals surface area contributed by atoms with Gasteiger partial charge in [0.1, 0.15) is 11.6 Å². The highest BCUT2D eigenvalue weighted by Gasteiger charge is 2.10. The number of halogens is 1. The van der Waals surface area contributed by atoms with Crippen molar-refractivity contribution < 1.29 is 4.39 Å². The minimum atomic E-state index is -0.292. The van der Waals surface area contributed by atoms with E-state index in [1.165, 1.54) is 11.8 Å². The van der Waals surface area contributed by atoms with Gasteiger partial charge in [0.15, 0.2) is 0 Å². The molecule has 1 heterocycles. The van der Waals surface area contributed by atoms with E-state index in [0.29, 0.717) is 6.54 Å². The van der Waals surface area contributed by atoms with Crippen molar-refractivity contribution in [2.24, 2.45) is 0 Å². The Labute approximate surface area is 125 Å². The molecule has 0 saturated carbocycles. The molecule has 0 amide bonds. The molecule has 0 unspecified atom stereocenters. The minimum absolute atomic E-state index is 0.292. The third-order valence-electron chi connectivity index (χ3n) is 3.28. The number of rotatable bonds is 7. The number of hydrogen-bond acceptors (Lipinski definition) is 3. The number of hydrogen-bond donors (Lipinski definition) is 1. The summed E-state index contributed by atoms with van der Waals surface area (Å²) in [5, 5.41) is 3.30. The van der Waals surface area contributed by atoms with Crippen molar-refractivity contribution in [3.8, 4) is 0 Å². The predicted molar refractivity (Wildman–Crippen MR) is 84.7 cm³/mol. The molecule has 0 aliphatic rings. The van der Waals surface area contributed by atoms with Crippen LogP contribution < -0.4 is 10.2 Å². The number of aromatic nitrogens is 1. The van der Waals surface area contributed by atoms with Gasteiger partial charge < -0.3 is 10.2 Å². The lowest BCUT2D eigenvalue weighted by molar-refractivity contribution is 0.610. The van der Waals surface area contributed by atoms with Gasteiger partial charge in [-0.25, -0.2) is 9.37 Å². The van der Waals surface area contributed by atoms with Gasteiger partial charge in [0.25, 0.3) is 0 Å². The number of nitrogens with one attached hydrogen (secondary N) is 1. The van der Waals surface area contributed by atoms with Gasteiger partial charge in [-0.3, -0.25) is 0 Å². The summed E-state index contributed by atoms with van der Waals surface area (Å²) in [6, 6.07) is 11.8. The number of benzene rings is 1. The summed E-state index contributed by atoms with van der Waals surface area (Å²) >= 11 is 0. The van der Waals surface area contributed by atoms with Crippen molar-refractivity contribution in [3.05, 3.63) is 59.5 Å². The second kappa shape index (κ2) is 7.74. The molecule has 0 fully saturated rings. The van der Waals surface area contributed by atoms with E-state index in [4.69, 9.17) is 0 Å². The van der Waals surface area contributed by atoms with Gasteiger partial charge in [-0.05, 0) is 24.6 Å². The standard InChI is InChI=1S/C17H22FN3/c1-3-9-19-11-15-10-16(18)12-20-17(15)21(2)13-14-7-5-4-6-8-14/h4-8,10,12,19H,3,9,11,13H2,1-2H3. The van der Waals surface area contributed by atoms with Gasteiger partial charge in [-0.1, -0.05) is 37.3 Å². The number of nitrogens with zero attached hydrogens (tertiary/aromatic N) is 2. The van der Waals surface area contributed by atoms with E-state index in [2.05, 4.69) is 34.3 Å². The summed E-state index contributed by atoms with van der Waals surface area (Å²) in [5.74, 6) is 0.531. The quantitative estimate of drug-likeness (QED) is 0.792. The smallest absolute Gasteiger partial charge is 0.141 e. The van der Waals surface area contributed by atoms with E-state index in [-0.39, 0.29) is 5.82 Å². The van der Waals surface area contributed by atoms with Crippen LogP contribution in [0.1, 0.15) is 24.5 Å². The molecule has 112 valence electrons. The molecule has 0 aliphatic carbocycles. The molecule has 4 heteroatoms. The molecule has 0 spiro atoms. The second-order valence-corrected chi connectivity index (χ2v) is 5.15. The lowest BCUT2D eigenvalue weighted by Crippen LogP contribution is -2.22. The Hall–Kier alpha value is -1.94. The van der Waals surface area contributed by atoms with Crippen LogP contribution in [0.3, 0.4) is 0 Å². The fourth-order valence-corrected chi connectivity index (χ4v) is 2.28. The number of pyridine rings is 1. The van der Waals surface area contributed by atoms with E-state index >= 15 is 0 Å². The Morgan fingerprint density at radius 1 is 1.24 bits per heavy atom. The molecule has 0 atom stereocenters. The van der Waals surface area contributed by atoms with Crippen LogP contribution >= 0.6 is 0 Å². The average molecular weight is 287 g/mol. The molecular weight excluding hydrogens is 265 g/mol. The van der Waals surface area contributed by atoms with Crippen LogP contribution in [0.5, 0.6) is 0 Å². The zero-order valence-corrected chi connectivity index (χ0v) is 12.6. The maximum absolute atomic E-state index is 13.4. The fraction of sp³-hybridized carbons (Fsp3) is 0.353. The Bertz CT molecular complexity index is 557. The molecular formula is C17H22FN3. The zero-order chi connectivity index (χ0) is 15.1. The minimum Gasteiger partial charge on any atom is -0.355 e. The predicted octanol–water partition coefficient (Wildman–Crippen LogP) is 3.36. The molecule has 21 heavy (non-hydrogen) atoms. The van der Waals surface area contributed by atoms with E-state index in [1.54, 1.807) is 6.07 Å². The Morgan fingerprint density at radius 3 is 2.71 bits per heavy atom. The second-order valence-electron chi connectivity index (χ2n) is 5.15. The summed E-state index contributed by atoms with van der Waals surface area (Å²) in [6.45, 7) is 4.41. The first-order valence-corrected chi connectivity index (χ1v) is 7.31.